The molecule has 0 unspecified atom stereocenters. The molecule has 0 N–H and O–H groups in total. The van der Waals surface area contributed by atoms with Gasteiger partial charge in [0.05, 0.1) is 23.7 Å². The van der Waals surface area contributed by atoms with Gasteiger partial charge in [-0.05, 0) is 55.9 Å². The maximum atomic E-state index is 12.8. The molecule has 3 heterocycles. The number of hydrogen-bond acceptors (Lipinski definition) is 6. The van der Waals surface area contributed by atoms with E-state index < -0.39 is 0 Å². The van der Waals surface area contributed by atoms with Gasteiger partial charge < -0.3 is 9.26 Å². The maximum absolute atomic E-state index is 12.8. The summed E-state index contributed by atoms with van der Waals surface area (Å²) in [7, 11) is 3.46. The zero-order chi connectivity index (χ0) is 21.4. The third-order valence-electron chi connectivity index (χ3n) is 6.36. The molecule has 0 radical (unpaired) electrons. The molecule has 0 bridgehead atoms. The van der Waals surface area contributed by atoms with E-state index in [0.717, 1.165) is 53.9 Å². The standard InChI is InChI=1S/C23H25N5O3/c1-27-19-10-9-18(30-2)12-20(19)28(23(27)29)14-15-5-7-16(8-6-15)21-25-22(31-26-21)17-4-3-11-24-13-17/h3-4,9-13,15-16H,5-8,14H2,1-2H3. The van der Waals surface area contributed by atoms with Gasteiger partial charge in [0.25, 0.3) is 5.89 Å². The molecule has 1 aliphatic carbocycles. The van der Waals surface area contributed by atoms with Crippen LogP contribution < -0.4 is 10.4 Å². The molecule has 3 aromatic heterocycles. The molecule has 31 heavy (non-hydrogen) atoms. The lowest BCUT2D eigenvalue weighted by Gasteiger charge is -2.26. The van der Waals surface area contributed by atoms with Gasteiger partial charge in [-0.1, -0.05) is 5.16 Å². The van der Waals surface area contributed by atoms with Gasteiger partial charge in [0.2, 0.25) is 0 Å². The Labute approximate surface area is 179 Å². The second-order valence-corrected chi connectivity index (χ2v) is 8.22. The highest BCUT2D eigenvalue weighted by Gasteiger charge is 2.27. The molecule has 4 aromatic rings. The molecule has 5 rings (SSSR count). The van der Waals surface area contributed by atoms with Crippen LogP contribution in [0.1, 0.15) is 37.4 Å². The number of aryl methyl sites for hydroxylation is 1. The highest BCUT2D eigenvalue weighted by molar-refractivity contribution is 5.77. The highest BCUT2D eigenvalue weighted by atomic mass is 16.5. The number of nitrogens with zero attached hydrogens (tertiary/aromatic N) is 5. The summed E-state index contributed by atoms with van der Waals surface area (Å²) in [6.07, 6.45) is 7.46. The number of imidazole rings is 1. The lowest BCUT2D eigenvalue weighted by atomic mass is 9.81. The molecular weight excluding hydrogens is 394 g/mol. The van der Waals surface area contributed by atoms with E-state index in [1.165, 1.54) is 0 Å². The van der Waals surface area contributed by atoms with Gasteiger partial charge in [-0.25, -0.2) is 4.79 Å². The Morgan fingerprint density at radius 1 is 1.16 bits per heavy atom. The van der Waals surface area contributed by atoms with Crippen molar-refractivity contribution in [3.63, 3.8) is 0 Å². The summed E-state index contributed by atoms with van der Waals surface area (Å²) >= 11 is 0. The van der Waals surface area contributed by atoms with E-state index in [1.54, 1.807) is 24.1 Å². The summed E-state index contributed by atoms with van der Waals surface area (Å²) < 4.78 is 14.4. The van der Waals surface area contributed by atoms with Crippen LogP contribution in [0.15, 0.2) is 52.0 Å². The van der Waals surface area contributed by atoms with Gasteiger partial charge in [-0.2, -0.15) is 4.98 Å². The first-order valence-corrected chi connectivity index (χ1v) is 10.6. The van der Waals surface area contributed by atoms with Crippen LogP contribution in [0, 0.1) is 5.92 Å². The summed E-state index contributed by atoms with van der Waals surface area (Å²) in [4.78, 5) is 21.5. The van der Waals surface area contributed by atoms with Crippen LogP contribution in [0.25, 0.3) is 22.5 Å². The van der Waals surface area contributed by atoms with Crippen molar-refractivity contribution in [2.45, 2.75) is 38.1 Å². The quantitative estimate of drug-likeness (QED) is 0.489. The number of aromatic nitrogens is 5. The summed E-state index contributed by atoms with van der Waals surface area (Å²) in [6.45, 7) is 0.712. The molecule has 1 aromatic carbocycles. The zero-order valence-corrected chi connectivity index (χ0v) is 17.7. The highest BCUT2D eigenvalue weighted by Crippen LogP contribution is 2.36. The molecule has 0 spiro atoms. The summed E-state index contributed by atoms with van der Waals surface area (Å²) in [5.41, 5.74) is 2.70. The smallest absolute Gasteiger partial charge is 0.328 e. The van der Waals surface area contributed by atoms with Crippen molar-refractivity contribution < 1.29 is 9.26 Å². The minimum absolute atomic E-state index is 0.0182. The third kappa shape index (κ3) is 3.62. The number of benzene rings is 1. The van der Waals surface area contributed by atoms with E-state index in [4.69, 9.17) is 9.26 Å². The average Bonchev–Trinajstić information content (AvgIpc) is 3.40. The summed E-state index contributed by atoms with van der Waals surface area (Å²) in [6, 6.07) is 9.55. The van der Waals surface area contributed by atoms with Gasteiger partial charge >= 0.3 is 5.69 Å². The van der Waals surface area contributed by atoms with Gasteiger partial charge in [0, 0.05) is 38.0 Å². The molecule has 0 aliphatic heterocycles. The first kappa shape index (κ1) is 19.5. The van der Waals surface area contributed by atoms with Crippen molar-refractivity contribution >= 4 is 11.0 Å². The molecule has 1 saturated carbocycles. The lowest BCUT2D eigenvalue weighted by molar-refractivity contribution is 0.283. The molecule has 0 saturated heterocycles. The fraction of sp³-hybridized carbons (Fsp3) is 0.391. The second-order valence-electron chi connectivity index (χ2n) is 8.22. The largest absolute Gasteiger partial charge is 0.497 e. The van der Waals surface area contributed by atoms with Crippen molar-refractivity contribution in [2.24, 2.45) is 13.0 Å². The number of ether oxygens (including phenoxy) is 1. The number of fused-ring (bicyclic) bond motifs is 1. The van der Waals surface area contributed by atoms with E-state index >= 15 is 0 Å². The van der Waals surface area contributed by atoms with E-state index in [0.29, 0.717) is 18.4 Å². The molecular formula is C23H25N5O3. The van der Waals surface area contributed by atoms with Crippen molar-refractivity contribution in [3.8, 4) is 17.2 Å². The maximum Gasteiger partial charge on any atom is 0.328 e. The summed E-state index contributed by atoms with van der Waals surface area (Å²) in [5.74, 6) is 2.77. The first-order chi connectivity index (χ1) is 15.1. The molecule has 8 heteroatoms. The van der Waals surface area contributed by atoms with Crippen molar-refractivity contribution in [1.82, 2.24) is 24.3 Å². The Kier molecular flexibility index (Phi) is 5.05. The van der Waals surface area contributed by atoms with Crippen LogP contribution in [0.5, 0.6) is 5.75 Å². The van der Waals surface area contributed by atoms with E-state index in [-0.39, 0.29) is 11.6 Å². The number of pyridine rings is 1. The van der Waals surface area contributed by atoms with Crippen LogP contribution in [-0.4, -0.2) is 31.4 Å². The Bertz CT molecular complexity index is 1250. The molecule has 160 valence electrons. The van der Waals surface area contributed by atoms with Gasteiger partial charge in [0.1, 0.15) is 5.75 Å². The number of methoxy groups -OCH3 is 1. The van der Waals surface area contributed by atoms with Gasteiger partial charge in [0.15, 0.2) is 5.82 Å². The molecule has 0 amide bonds. The topological polar surface area (TPSA) is 88.0 Å². The molecule has 0 atom stereocenters. The molecule has 1 fully saturated rings. The lowest BCUT2D eigenvalue weighted by Crippen LogP contribution is -2.27. The molecule has 1 aliphatic rings. The second kappa shape index (κ2) is 8.02. The zero-order valence-electron chi connectivity index (χ0n) is 17.7. The van der Waals surface area contributed by atoms with E-state index in [1.807, 2.05) is 41.9 Å². The first-order valence-electron chi connectivity index (χ1n) is 10.6. The minimum Gasteiger partial charge on any atom is -0.497 e. The Morgan fingerprint density at radius 3 is 2.74 bits per heavy atom. The summed E-state index contributed by atoms with van der Waals surface area (Å²) in [5, 5.41) is 4.22. The van der Waals surface area contributed by atoms with E-state index in [9.17, 15) is 4.79 Å². The fourth-order valence-corrected chi connectivity index (χ4v) is 4.56. The monoisotopic (exact) mass is 419 g/mol. The van der Waals surface area contributed by atoms with Crippen LogP contribution in [-0.2, 0) is 13.6 Å². The Morgan fingerprint density at radius 2 is 2.00 bits per heavy atom. The normalized spacial score (nSPS) is 19.0. The minimum atomic E-state index is 0.0182. The predicted octanol–water partition coefficient (Wildman–Crippen LogP) is 3.77. The van der Waals surface area contributed by atoms with Crippen LogP contribution >= 0.6 is 0 Å². The number of hydrogen-bond donors (Lipinski definition) is 0. The fourth-order valence-electron chi connectivity index (χ4n) is 4.56. The Hall–Kier alpha value is -3.42. The van der Waals surface area contributed by atoms with Crippen LogP contribution in [0.2, 0.25) is 0 Å². The van der Waals surface area contributed by atoms with Crippen molar-refractivity contribution in [2.75, 3.05) is 7.11 Å². The number of rotatable bonds is 5. The van der Waals surface area contributed by atoms with Crippen molar-refractivity contribution in [1.29, 1.82) is 0 Å². The van der Waals surface area contributed by atoms with Gasteiger partial charge in [-0.3, -0.25) is 14.1 Å². The predicted molar refractivity (Wildman–Crippen MR) is 116 cm³/mol. The molecule has 8 nitrogen and oxygen atoms in total. The van der Waals surface area contributed by atoms with Crippen LogP contribution in [0.3, 0.4) is 0 Å². The Balaban J connectivity index is 1.29. The van der Waals surface area contributed by atoms with Crippen molar-refractivity contribution in [3.05, 3.63) is 59.0 Å². The van der Waals surface area contributed by atoms with Gasteiger partial charge in [-0.15, -0.1) is 0 Å². The van der Waals surface area contributed by atoms with E-state index in [2.05, 4.69) is 15.1 Å². The third-order valence-corrected chi connectivity index (χ3v) is 6.36. The van der Waals surface area contributed by atoms with Crippen LogP contribution in [0.4, 0.5) is 0 Å². The average molecular weight is 419 g/mol. The SMILES string of the molecule is COc1ccc2c(c1)n(CC1CCC(c3noc(-c4cccnc4)n3)CC1)c(=O)n2C.